The monoisotopic (exact) mass is 281 g/mol. The van der Waals surface area contributed by atoms with E-state index in [1.54, 1.807) is 24.3 Å². The topological polar surface area (TPSA) is 50.4 Å². The number of alkyl halides is 1. The predicted octanol–water partition coefficient (Wildman–Crippen LogP) is 2.73. The molecule has 3 rings (SSSR count). The highest BCUT2D eigenvalue weighted by molar-refractivity contribution is 6.30. The summed E-state index contributed by atoms with van der Waals surface area (Å²) in [6.45, 7) is 0. The second-order valence-electron chi connectivity index (χ2n) is 5.47. The fraction of sp³-hybridized carbons (Fsp3) is 0.500. The number of nitrogens with one attached hydrogen (secondary N) is 1. The quantitative estimate of drug-likeness (QED) is 0.661. The summed E-state index contributed by atoms with van der Waals surface area (Å²) in [5.74, 6) is 0.445. The van der Waals surface area contributed by atoms with Crippen LogP contribution in [0.1, 0.15) is 31.2 Å². The molecule has 1 aromatic carbocycles. The summed E-state index contributed by atoms with van der Waals surface area (Å²) >= 11 is 5.90. The third-order valence-electron chi connectivity index (χ3n) is 3.70. The van der Waals surface area contributed by atoms with E-state index in [9.17, 15) is 4.39 Å². The van der Waals surface area contributed by atoms with Crippen LogP contribution in [0.2, 0.25) is 5.02 Å². The summed E-state index contributed by atoms with van der Waals surface area (Å²) in [7, 11) is 0. The molecule has 2 saturated carbocycles. The molecular weight excluding hydrogens is 265 g/mol. The molecule has 0 spiro atoms. The molecule has 0 unspecified atom stereocenters. The van der Waals surface area contributed by atoms with Crippen LogP contribution < -0.4 is 11.1 Å². The van der Waals surface area contributed by atoms with E-state index in [4.69, 9.17) is 17.3 Å². The van der Waals surface area contributed by atoms with Crippen LogP contribution in [0.25, 0.3) is 0 Å². The molecule has 0 aliphatic heterocycles. The predicted molar refractivity (Wildman–Crippen MR) is 75.0 cm³/mol. The molecule has 5 heteroatoms. The molecule has 2 aliphatic carbocycles. The molecular formula is C14H17ClFN3. The molecule has 2 fully saturated rings. The Kier molecular flexibility index (Phi) is 3.13. The zero-order valence-electron chi connectivity index (χ0n) is 10.6. The van der Waals surface area contributed by atoms with Gasteiger partial charge < -0.3 is 11.1 Å². The lowest BCUT2D eigenvalue weighted by molar-refractivity contribution is 0.0326. The third kappa shape index (κ3) is 2.84. The Morgan fingerprint density at radius 1 is 1.42 bits per heavy atom. The summed E-state index contributed by atoms with van der Waals surface area (Å²) in [6.07, 6.45) is 3.05. The van der Waals surface area contributed by atoms with Gasteiger partial charge in [0.05, 0.1) is 6.04 Å². The first-order chi connectivity index (χ1) is 9.05. The average molecular weight is 282 g/mol. The smallest absolute Gasteiger partial charge is 0.189 e. The van der Waals surface area contributed by atoms with Crippen LogP contribution in [-0.4, -0.2) is 18.0 Å². The zero-order chi connectivity index (χ0) is 13.5. The van der Waals surface area contributed by atoms with Gasteiger partial charge in [0.2, 0.25) is 0 Å². The van der Waals surface area contributed by atoms with Crippen LogP contribution in [0.3, 0.4) is 0 Å². The van der Waals surface area contributed by atoms with E-state index in [0.717, 1.165) is 12.8 Å². The van der Waals surface area contributed by atoms with Crippen molar-refractivity contribution in [3.63, 3.8) is 0 Å². The first-order valence-electron chi connectivity index (χ1n) is 6.60. The number of aliphatic imine (C=N–C) groups is 1. The maximum Gasteiger partial charge on any atom is 0.189 e. The maximum atomic E-state index is 14.6. The first-order valence-corrected chi connectivity index (χ1v) is 6.98. The van der Waals surface area contributed by atoms with Crippen molar-refractivity contribution in [2.75, 3.05) is 0 Å². The van der Waals surface area contributed by atoms with Crippen LogP contribution in [0, 0.1) is 0 Å². The van der Waals surface area contributed by atoms with Crippen molar-refractivity contribution in [3.8, 4) is 0 Å². The number of rotatable bonds is 3. The molecule has 0 saturated heterocycles. The van der Waals surface area contributed by atoms with Gasteiger partial charge in [-0.1, -0.05) is 23.7 Å². The molecule has 102 valence electrons. The number of halogens is 2. The van der Waals surface area contributed by atoms with E-state index in [0.29, 0.717) is 35.4 Å². The van der Waals surface area contributed by atoms with E-state index in [1.165, 1.54) is 0 Å². The number of guanidine groups is 1. The molecule has 0 aromatic heterocycles. The average Bonchev–Trinajstić information content (AvgIpc) is 3.10. The van der Waals surface area contributed by atoms with Crippen molar-refractivity contribution in [2.45, 2.75) is 43.4 Å². The second kappa shape index (κ2) is 4.67. The van der Waals surface area contributed by atoms with Gasteiger partial charge in [-0.2, -0.15) is 0 Å². The maximum absolute atomic E-state index is 14.6. The molecule has 19 heavy (non-hydrogen) atoms. The van der Waals surface area contributed by atoms with Crippen molar-refractivity contribution in [2.24, 2.45) is 10.7 Å². The Labute approximate surface area is 117 Å². The van der Waals surface area contributed by atoms with Gasteiger partial charge in [0, 0.05) is 23.9 Å². The van der Waals surface area contributed by atoms with Gasteiger partial charge in [-0.05, 0) is 30.5 Å². The Bertz CT molecular complexity index is 507. The van der Waals surface area contributed by atoms with Crippen LogP contribution >= 0.6 is 11.6 Å². The molecule has 0 radical (unpaired) electrons. The van der Waals surface area contributed by atoms with E-state index in [1.807, 2.05) is 0 Å². The SMILES string of the molecule is NC(=NC1CC1)NC1CC(F)(c2cccc(Cl)c2)C1. The molecule has 0 heterocycles. The molecule has 3 N–H and O–H groups in total. The Hall–Kier alpha value is -1.29. The van der Waals surface area contributed by atoms with Crippen LogP contribution in [0.15, 0.2) is 29.3 Å². The van der Waals surface area contributed by atoms with Gasteiger partial charge in [0.15, 0.2) is 5.96 Å². The standard InChI is InChI=1S/C14H17ClFN3/c15-10-3-1-2-9(6-10)14(16)7-12(8-14)19-13(17)18-11-4-5-11/h1-3,6,11-12H,4-5,7-8H2,(H3,17,18,19). The third-order valence-corrected chi connectivity index (χ3v) is 3.94. The zero-order valence-corrected chi connectivity index (χ0v) is 11.3. The van der Waals surface area contributed by atoms with Crippen LogP contribution in [-0.2, 0) is 5.67 Å². The lowest BCUT2D eigenvalue weighted by atomic mass is 9.73. The fourth-order valence-electron chi connectivity index (χ4n) is 2.47. The normalized spacial score (nSPS) is 30.8. The van der Waals surface area contributed by atoms with E-state index in [-0.39, 0.29) is 6.04 Å². The summed E-state index contributed by atoms with van der Waals surface area (Å²) in [4.78, 5) is 4.28. The van der Waals surface area contributed by atoms with Crippen LogP contribution in [0.5, 0.6) is 0 Å². The molecule has 0 atom stereocenters. The Morgan fingerprint density at radius 2 is 2.16 bits per heavy atom. The molecule has 1 aromatic rings. The first kappa shape index (κ1) is 12.7. The minimum absolute atomic E-state index is 0.0616. The number of nitrogens with two attached hydrogens (primary N) is 1. The van der Waals surface area contributed by atoms with E-state index in [2.05, 4.69) is 10.3 Å². The lowest BCUT2D eigenvalue weighted by Gasteiger charge is -2.42. The minimum Gasteiger partial charge on any atom is -0.370 e. The van der Waals surface area contributed by atoms with Crippen molar-refractivity contribution in [1.29, 1.82) is 0 Å². The van der Waals surface area contributed by atoms with Crippen molar-refractivity contribution in [1.82, 2.24) is 5.32 Å². The number of hydrogen-bond acceptors (Lipinski definition) is 1. The summed E-state index contributed by atoms with van der Waals surface area (Å²) in [5, 5.41) is 3.65. The van der Waals surface area contributed by atoms with E-state index >= 15 is 0 Å². The highest BCUT2D eigenvalue weighted by Crippen LogP contribution is 2.45. The largest absolute Gasteiger partial charge is 0.370 e. The molecule has 3 nitrogen and oxygen atoms in total. The highest BCUT2D eigenvalue weighted by atomic mass is 35.5. The Morgan fingerprint density at radius 3 is 2.79 bits per heavy atom. The lowest BCUT2D eigenvalue weighted by Crippen LogP contribution is -2.53. The van der Waals surface area contributed by atoms with Crippen molar-refractivity contribution < 1.29 is 4.39 Å². The summed E-state index contributed by atoms with van der Waals surface area (Å²) in [5.41, 5.74) is 5.13. The second-order valence-corrected chi connectivity index (χ2v) is 5.91. The van der Waals surface area contributed by atoms with Gasteiger partial charge in [0.1, 0.15) is 5.67 Å². The highest BCUT2D eigenvalue weighted by Gasteiger charge is 2.46. The number of benzene rings is 1. The van der Waals surface area contributed by atoms with Crippen LogP contribution in [0.4, 0.5) is 4.39 Å². The van der Waals surface area contributed by atoms with Gasteiger partial charge in [-0.3, -0.25) is 4.99 Å². The summed E-state index contributed by atoms with van der Waals surface area (Å²) in [6, 6.07) is 7.46. The number of nitrogens with zero attached hydrogens (tertiary/aromatic N) is 1. The Balaban J connectivity index is 1.59. The summed E-state index contributed by atoms with van der Waals surface area (Å²) < 4.78 is 14.6. The van der Waals surface area contributed by atoms with Gasteiger partial charge >= 0.3 is 0 Å². The molecule has 2 aliphatic rings. The molecule has 0 amide bonds. The van der Waals surface area contributed by atoms with Gasteiger partial charge in [-0.25, -0.2) is 4.39 Å². The van der Waals surface area contributed by atoms with Gasteiger partial charge in [0.25, 0.3) is 0 Å². The molecule has 0 bridgehead atoms. The van der Waals surface area contributed by atoms with Gasteiger partial charge in [-0.15, -0.1) is 0 Å². The van der Waals surface area contributed by atoms with E-state index < -0.39 is 5.67 Å². The minimum atomic E-state index is -1.29. The number of hydrogen-bond donors (Lipinski definition) is 2. The van der Waals surface area contributed by atoms with Crippen molar-refractivity contribution in [3.05, 3.63) is 34.9 Å². The fourth-order valence-corrected chi connectivity index (χ4v) is 2.66. The van der Waals surface area contributed by atoms with Crippen molar-refractivity contribution >= 4 is 17.6 Å².